The number of aliphatic hydroxyl groups is 3. The van der Waals surface area contributed by atoms with Crippen molar-refractivity contribution in [3.8, 4) is 0 Å². The first kappa shape index (κ1) is 53.1. The van der Waals surface area contributed by atoms with Crippen LogP contribution in [0.2, 0.25) is 0 Å². The van der Waals surface area contributed by atoms with Gasteiger partial charge >= 0.3 is 19.8 Å². The zero-order chi connectivity index (χ0) is 41.4. The normalized spacial score (nSPS) is 15.3. The highest BCUT2D eigenvalue weighted by molar-refractivity contribution is 7.47. The molecule has 4 N–H and O–H groups in total. The molecule has 0 saturated heterocycles. The predicted octanol–water partition coefficient (Wildman–Crippen LogP) is 9.63. The summed E-state index contributed by atoms with van der Waals surface area (Å²) in [5.41, 5.74) is 0. The summed E-state index contributed by atoms with van der Waals surface area (Å²) in [6, 6.07) is 0. The summed E-state index contributed by atoms with van der Waals surface area (Å²) in [6.45, 7) is 1.93. The number of rotatable bonds is 37. The smallest absolute Gasteiger partial charge is 0.462 e. The fraction of sp³-hybridized carbons (Fsp3) is 0.636. The van der Waals surface area contributed by atoms with Crippen molar-refractivity contribution < 1.29 is 52.9 Å². The van der Waals surface area contributed by atoms with Crippen LogP contribution >= 0.6 is 7.82 Å². The van der Waals surface area contributed by atoms with Crippen molar-refractivity contribution in [1.29, 1.82) is 0 Å². The Bertz CT molecular complexity index is 1220. The Kier molecular flexibility index (Phi) is 36.9. The first-order valence-electron chi connectivity index (χ1n) is 20.7. The molecule has 0 rings (SSSR count). The van der Waals surface area contributed by atoms with Gasteiger partial charge in [-0.05, 0) is 70.6 Å². The summed E-state index contributed by atoms with van der Waals surface area (Å²) >= 11 is 0. The van der Waals surface area contributed by atoms with Gasteiger partial charge in [-0.1, -0.05) is 137 Å². The number of carbonyl (C=O) groups is 2. The Labute approximate surface area is 337 Å². The summed E-state index contributed by atoms with van der Waals surface area (Å²) in [5.74, 6) is -1.23. The number of hydrogen-bond acceptors (Lipinski definition) is 10. The number of unbranched alkanes of at least 4 members (excludes halogenated alkanes) is 9. The number of esters is 2. The fourth-order valence-corrected chi connectivity index (χ4v) is 5.71. The molecule has 4 atom stereocenters. The topological polar surface area (TPSA) is 169 Å². The van der Waals surface area contributed by atoms with Crippen LogP contribution in [0.4, 0.5) is 0 Å². The maximum absolute atomic E-state index is 12.6. The van der Waals surface area contributed by atoms with Crippen LogP contribution in [-0.4, -0.2) is 76.9 Å². The number of carbonyl (C=O) groups excluding carboxylic acids is 2. The van der Waals surface area contributed by atoms with Gasteiger partial charge in [0.2, 0.25) is 0 Å². The summed E-state index contributed by atoms with van der Waals surface area (Å²) in [5, 5.41) is 28.6. The molecule has 0 saturated carbocycles. The van der Waals surface area contributed by atoms with Gasteiger partial charge in [-0.2, -0.15) is 0 Å². The Morgan fingerprint density at radius 1 is 0.625 bits per heavy atom. The Morgan fingerprint density at radius 2 is 1.18 bits per heavy atom. The van der Waals surface area contributed by atoms with Crippen molar-refractivity contribution in [2.45, 2.75) is 154 Å². The third-order valence-corrected chi connectivity index (χ3v) is 9.10. The minimum atomic E-state index is -4.69. The largest absolute Gasteiger partial charge is 0.472 e. The standard InChI is InChI=1S/C44H73O11P/c1-3-5-7-9-11-13-15-17-18-19-21-22-24-26-28-30-32-40(46)34-35-44(49)55-42(39-54-56(50,51)53-37-41(47)36-45)38-52-43(48)33-31-29-27-25-23-20-16-14-12-10-8-6-4-2/h5,7,11,13-14,16-18,21-22,26,28,30,32,40-42,45-47H,3-4,6,8-10,12,15,19-20,23-25,27,29,31,33-39H2,1-2H3,(H,50,51)/b7-5-,13-11-,16-14-,18-17-,22-21-,28-26-,32-30-/t40?,41-,42+/m0/s1. The van der Waals surface area contributed by atoms with Crippen molar-refractivity contribution in [1.82, 2.24) is 0 Å². The van der Waals surface area contributed by atoms with E-state index in [1.165, 1.54) is 25.7 Å². The monoisotopic (exact) mass is 808 g/mol. The van der Waals surface area contributed by atoms with Crippen LogP contribution in [0, 0.1) is 0 Å². The molecule has 0 radical (unpaired) electrons. The molecular weight excluding hydrogens is 735 g/mol. The van der Waals surface area contributed by atoms with Gasteiger partial charge in [0, 0.05) is 12.8 Å². The number of phosphoric ester groups is 1. The second-order valence-corrected chi connectivity index (χ2v) is 14.9. The molecule has 12 heteroatoms. The van der Waals surface area contributed by atoms with Gasteiger partial charge in [-0.3, -0.25) is 18.6 Å². The third kappa shape index (κ3) is 38.0. The average Bonchev–Trinajstić information content (AvgIpc) is 3.18. The van der Waals surface area contributed by atoms with Crippen molar-refractivity contribution in [3.63, 3.8) is 0 Å². The zero-order valence-electron chi connectivity index (χ0n) is 34.2. The van der Waals surface area contributed by atoms with Gasteiger partial charge in [0.15, 0.2) is 6.10 Å². The zero-order valence-corrected chi connectivity index (χ0v) is 35.1. The lowest BCUT2D eigenvalue weighted by Crippen LogP contribution is -2.30. The molecule has 320 valence electrons. The van der Waals surface area contributed by atoms with Crippen LogP contribution in [-0.2, 0) is 32.7 Å². The van der Waals surface area contributed by atoms with Crippen molar-refractivity contribution in [2.24, 2.45) is 0 Å². The van der Waals surface area contributed by atoms with E-state index in [2.05, 4.69) is 79.1 Å². The first-order valence-corrected chi connectivity index (χ1v) is 22.1. The molecule has 0 aromatic rings. The minimum absolute atomic E-state index is 0.0589. The molecule has 0 spiro atoms. The summed E-state index contributed by atoms with van der Waals surface area (Å²) < 4.78 is 32.4. The third-order valence-electron chi connectivity index (χ3n) is 8.15. The molecule has 0 aliphatic heterocycles. The molecule has 56 heavy (non-hydrogen) atoms. The number of phosphoric acid groups is 1. The SMILES string of the molecule is CC/C=C\C/C=C\C/C=C\C/C=C\C/C=C\C=C/C(O)CCC(=O)O[C@H](COC(=O)CCCCCCC/C=C\CCCCCC)COP(=O)(O)OC[C@@H](O)CO. The molecule has 11 nitrogen and oxygen atoms in total. The highest BCUT2D eigenvalue weighted by Gasteiger charge is 2.27. The molecule has 0 aromatic carbocycles. The average molecular weight is 809 g/mol. The van der Waals surface area contributed by atoms with Gasteiger partial charge in [0.25, 0.3) is 0 Å². The van der Waals surface area contributed by atoms with Crippen LogP contribution in [0.3, 0.4) is 0 Å². The lowest BCUT2D eigenvalue weighted by molar-refractivity contribution is -0.161. The van der Waals surface area contributed by atoms with E-state index in [-0.39, 0.29) is 19.3 Å². The van der Waals surface area contributed by atoms with Crippen LogP contribution in [0.5, 0.6) is 0 Å². The van der Waals surface area contributed by atoms with Crippen molar-refractivity contribution in [2.75, 3.05) is 26.4 Å². The lowest BCUT2D eigenvalue weighted by atomic mass is 10.1. The molecule has 0 fully saturated rings. The van der Waals surface area contributed by atoms with E-state index in [4.69, 9.17) is 19.1 Å². The second kappa shape index (κ2) is 39.0. The maximum Gasteiger partial charge on any atom is 0.472 e. The van der Waals surface area contributed by atoms with E-state index in [1.807, 2.05) is 12.2 Å². The summed E-state index contributed by atoms with van der Waals surface area (Å²) in [4.78, 5) is 34.9. The van der Waals surface area contributed by atoms with Gasteiger partial charge in [-0.25, -0.2) is 4.57 Å². The van der Waals surface area contributed by atoms with Gasteiger partial charge in [-0.15, -0.1) is 0 Å². The van der Waals surface area contributed by atoms with Crippen molar-refractivity contribution in [3.05, 3.63) is 85.1 Å². The molecule has 0 aliphatic carbocycles. The van der Waals surface area contributed by atoms with Gasteiger partial charge < -0.3 is 29.7 Å². The minimum Gasteiger partial charge on any atom is -0.462 e. The van der Waals surface area contributed by atoms with E-state index in [9.17, 15) is 29.3 Å². The maximum atomic E-state index is 12.6. The lowest BCUT2D eigenvalue weighted by Gasteiger charge is -2.20. The Balaban J connectivity index is 4.61. The first-order chi connectivity index (χ1) is 27.1. The van der Waals surface area contributed by atoms with E-state index in [1.54, 1.807) is 12.2 Å². The number of ether oxygens (including phenoxy) is 2. The molecule has 0 aromatic heterocycles. The molecule has 2 unspecified atom stereocenters. The number of allylic oxidation sites excluding steroid dienone is 13. The van der Waals surface area contributed by atoms with E-state index in [0.29, 0.717) is 6.42 Å². The Morgan fingerprint density at radius 3 is 1.79 bits per heavy atom. The quantitative estimate of drug-likeness (QED) is 0.0155. The van der Waals surface area contributed by atoms with Gasteiger partial charge in [0.1, 0.15) is 12.7 Å². The molecule has 0 heterocycles. The van der Waals surface area contributed by atoms with Crippen LogP contribution in [0.1, 0.15) is 136 Å². The Hall–Kier alpha value is -2.89. The van der Waals surface area contributed by atoms with E-state index >= 15 is 0 Å². The molecule has 0 amide bonds. The molecule has 0 aliphatic rings. The summed E-state index contributed by atoms with van der Waals surface area (Å²) in [6.07, 6.45) is 41.7. The second-order valence-electron chi connectivity index (χ2n) is 13.5. The van der Waals surface area contributed by atoms with E-state index < -0.39 is 64.5 Å². The molecule has 0 bridgehead atoms. The van der Waals surface area contributed by atoms with Gasteiger partial charge in [0.05, 0.1) is 25.9 Å². The van der Waals surface area contributed by atoms with Crippen LogP contribution < -0.4 is 0 Å². The number of hydrogen-bond donors (Lipinski definition) is 4. The number of aliphatic hydroxyl groups excluding tert-OH is 3. The summed E-state index contributed by atoms with van der Waals surface area (Å²) in [7, 11) is -4.69. The predicted molar refractivity (Wildman–Crippen MR) is 225 cm³/mol. The van der Waals surface area contributed by atoms with Crippen LogP contribution in [0.25, 0.3) is 0 Å². The highest BCUT2D eigenvalue weighted by Crippen LogP contribution is 2.43. The van der Waals surface area contributed by atoms with Crippen molar-refractivity contribution >= 4 is 19.8 Å². The molecular formula is C44H73O11P. The highest BCUT2D eigenvalue weighted by atomic mass is 31.2. The van der Waals surface area contributed by atoms with E-state index in [0.717, 1.165) is 70.6 Å². The fourth-order valence-electron chi connectivity index (χ4n) is 4.92. The van der Waals surface area contributed by atoms with Crippen LogP contribution in [0.15, 0.2) is 85.1 Å².